The third-order valence-electron chi connectivity index (χ3n) is 3.85. The third kappa shape index (κ3) is 7.45. The van der Waals surface area contributed by atoms with Crippen LogP contribution < -0.4 is 10.6 Å². The van der Waals surface area contributed by atoms with Gasteiger partial charge in [0.25, 0.3) is 0 Å². The molecule has 0 aliphatic carbocycles. The lowest BCUT2D eigenvalue weighted by Gasteiger charge is -2.20. The zero-order valence-corrected chi connectivity index (χ0v) is 16.5. The van der Waals surface area contributed by atoms with Crippen LogP contribution in [0.4, 0.5) is 0 Å². The zero-order valence-electron chi connectivity index (χ0n) is 14.1. The van der Waals surface area contributed by atoms with Crippen molar-refractivity contribution in [1.82, 2.24) is 10.6 Å². The number of nitrogens with zero attached hydrogens (tertiary/aromatic N) is 1. The maximum Gasteiger partial charge on any atom is 0.191 e. The van der Waals surface area contributed by atoms with Gasteiger partial charge in [0.1, 0.15) is 0 Å². The van der Waals surface area contributed by atoms with Gasteiger partial charge in [0.2, 0.25) is 0 Å². The Labute approximate surface area is 152 Å². The first-order valence-corrected chi connectivity index (χ1v) is 7.77. The SMILES string of the molecule is CCC(CC)CNC(=NC)NCC(OC)c1ccccc1.I. The van der Waals surface area contributed by atoms with Crippen LogP contribution in [0.5, 0.6) is 0 Å². The van der Waals surface area contributed by atoms with Crippen molar-refractivity contribution in [2.45, 2.75) is 32.8 Å². The van der Waals surface area contributed by atoms with Crippen LogP contribution in [0.2, 0.25) is 0 Å². The van der Waals surface area contributed by atoms with E-state index >= 15 is 0 Å². The van der Waals surface area contributed by atoms with Gasteiger partial charge >= 0.3 is 0 Å². The molecule has 0 aliphatic rings. The molecule has 1 rings (SSSR count). The topological polar surface area (TPSA) is 45.7 Å². The molecule has 4 nitrogen and oxygen atoms in total. The molecule has 1 atom stereocenters. The highest BCUT2D eigenvalue weighted by Crippen LogP contribution is 2.14. The molecular formula is C17H30IN3O. The first-order chi connectivity index (χ1) is 10.2. The number of benzene rings is 1. The molecule has 126 valence electrons. The lowest BCUT2D eigenvalue weighted by molar-refractivity contribution is 0.106. The second-order valence-electron chi connectivity index (χ2n) is 5.15. The third-order valence-corrected chi connectivity index (χ3v) is 3.85. The fourth-order valence-corrected chi connectivity index (χ4v) is 2.23. The fraction of sp³-hybridized carbons (Fsp3) is 0.588. The van der Waals surface area contributed by atoms with Crippen molar-refractivity contribution in [2.24, 2.45) is 10.9 Å². The number of guanidine groups is 1. The molecule has 0 saturated heterocycles. The van der Waals surface area contributed by atoms with Gasteiger partial charge in [-0.3, -0.25) is 4.99 Å². The van der Waals surface area contributed by atoms with Gasteiger partial charge in [-0.25, -0.2) is 0 Å². The van der Waals surface area contributed by atoms with Gasteiger partial charge < -0.3 is 15.4 Å². The molecule has 0 heterocycles. The second-order valence-corrected chi connectivity index (χ2v) is 5.15. The summed E-state index contributed by atoms with van der Waals surface area (Å²) in [6.45, 7) is 6.10. The summed E-state index contributed by atoms with van der Waals surface area (Å²) in [5.74, 6) is 1.52. The minimum atomic E-state index is 0. The Balaban J connectivity index is 0.00000441. The van der Waals surface area contributed by atoms with Crippen molar-refractivity contribution in [3.8, 4) is 0 Å². The van der Waals surface area contributed by atoms with Crippen molar-refractivity contribution in [3.63, 3.8) is 0 Å². The summed E-state index contributed by atoms with van der Waals surface area (Å²) in [4.78, 5) is 4.27. The molecule has 0 bridgehead atoms. The first-order valence-electron chi connectivity index (χ1n) is 7.77. The number of methoxy groups -OCH3 is 1. The van der Waals surface area contributed by atoms with Crippen molar-refractivity contribution < 1.29 is 4.74 Å². The van der Waals surface area contributed by atoms with E-state index in [4.69, 9.17) is 4.74 Å². The number of halogens is 1. The van der Waals surface area contributed by atoms with Crippen LogP contribution in [0, 0.1) is 5.92 Å². The highest BCUT2D eigenvalue weighted by molar-refractivity contribution is 14.0. The molecule has 1 aromatic carbocycles. The van der Waals surface area contributed by atoms with Gasteiger partial charge in [-0.1, -0.05) is 57.0 Å². The first kappa shape index (κ1) is 21.2. The minimum absolute atomic E-state index is 0. The van der Waals surface area contributed by atoms with Crippen LogP contribution >= 0.6 is 24.0 Å². The van der Waals surface area contributed by atoms with Crippen LogP contribution in [0.15, 0.2) is 35.3 Å². The summed E-state index contributed by atoms with van der Waals surface area (Å²) in [5, 5.41) is 6.72. The largest absolute Gasteiger partial charge is 0.375 e. The van der Waals surface area contributed by atoms with Crippen molar-refractivity contribution in [3.05, 3.63) is 35.9 Å². The number of hydrogen-bond donors (Lipinski definition) is 2. The molecular weight excluding hydrogens is 389 g/mol. The van der Waals surface area contributed by atoms with Crippen LogP contribution in [0.3, 0.4) is 0 Å². The molecule has 1 unspecified atom stereocenters. The summed E-state index contributed by atoms with van der Waals surface area (Å²) in [6.07, 6.45) is 2.40. The van der Waals surface area contributed by atoms with Gasteiger partial charge in [-0.15, -0.1) is 24.0 Å². The molecule has 0 radical (unpaired) electrons. The van der Waals surface area contributed by atoms with E-state index in [1.54, 1.807) is 14.2 Å². The highest BCUT2D eigenvalue weighted by atomic mass is 127. The fourth-order valence-electron chi connectivity index (χ4n) is 2.23. The Kier molecular flexibility index (Phi) is 12.2. The van der Waals surface area contributed by atoms with Crippen molar-refractivity contribution in [1.29, 1.82) is 0 Å². The van der Waals surface area contributed by atoms with Gasteiger partial charge in [-0.05, 0) is 11.5 Å². The number of aliphatic imine (C=N–C) groups is 1. The van der Waals surface area contributed by atoms with E-state index < -0.39 is 0 Å². The second kappa shape index (κ2) is 12.7. The lowest BCUT2D eigenvalue weighted by atomic mass is 10.0. The predicted molar refractivity (Wildman–Crippen MR) is 105 cm³/mol. The zero-order chi connectivity index (χ0) is 15.5. The van der Waals surface area contributed by atoms with E-state index in [1.165, 1.54) is 18.4 Å². The average Bonchev–Trinajstić information content (AvgIpc) is 2.55. The van der Waals surface area contributed by atoms with Gasteiger partial charge in [-0.2, -0.15) is 0 Å². The Morgan fingerprint density at radius 2 is 1.68 bits per heavy atom. The monoisotopic (exact) mass is 419 g/mol. The van der Waals surface area contributed by atoms with Gasteiger partial charge in [0.05, 0.1) is 6.10 Å². The summed E-state index contributed by atoms with van der Waals surface area (Å²) in [6, 6.07) is 10.2. The number of rotatable bonds is 8. The van der Waals surface area contributed by atoms with Gasteiger partial charge in [0.15, 0.2) is 5.96 Å². The van der Waals surface area contributed by atoms with E-state index in [2.05, 4.69) is 41.6 Å². The predicted octanol–water partition coefficient (Wildman–Crippen LogP) is 3.59. The van der Waals surface area contributed by atoms with E-state index in [-0.39, 0.29) is 30.1 Å². The molecule has 0 fully saturated rings. The molecule has 0 saturated carbocycles. The summed E-state index contributed by atoms with van der Waals surface area (Å²) >= 11 is 0. The summed E-state index contributed by atoms with van der Waals surface area (Å²) < 4.78 is 5.55. The number of hydrogen-bond acceptors (Lipinski definition) is 2. The normalized spacial score (nSPS) is 12.7. The molecule has 0 amide bonds. The highest BCUT2D eigenvalue weighted by Gasteiger charge is 2.11. The molecule has 0 spiro atoms. The molecule has 22 heavy (non-hydrogen) atoms. The smallest absolute Gasteiger partial charge is 0.191 e. The molecule has 5 heteroatoms. The van der Waals surface area contributed by atoms with E-state index in [9.17, 15) is 0 Å². The Morgan fingerprint density at radius 1 is 1.09 bits per heavy atom. The van der Waals surface area contributed by atoms with E-state index in [0.29, 0.717) is 12.5 Å². The molecule has 0 aromatic heterocycles. The quantitative estimate of drug-likeness (QED) is 0.385. The molecule has 2 N–H and O–H groups in total. The Hall–Kier alpha value is -0.820. The summed E-state index contributed by atoms with van der Waals surface area (Å²) in [5.41, 5.74) is 1.17. The average molecular weight is 419 g/mol. The molecule has 0 aliphatic heterocycles. The number of nitrogens with one attached hydrogen (secondary N) is 2. The maximum absolute atomic E-state index is 5.55. The minimum Gasteiger partial charge on any atom is -0.375 e. The Bertz CT molecular complexity index is 408. The maximum atomic E-state index is 5.55. The van der Waals surface area contributed by atoms with E-state index in [1.807, 2.05) is 18.2 Å². The van der Waals surface area contributed by atoms with E-state index in [0.717, 1.165) is 12.5 Å². The lowest BCUT2D eigenvalue weighted by Crippen LogP contribution is -2.41. The van der Waals surface area contributed by atoms with Crippen molar-refractivity contribution in [2.75, 3.05) is 27.2 Å². The summed E-state index contributed by atoms with van der Waals surface area (Å²) in [7, 11) is 3.53. The number of ether oxygens (including phenoxy) is 1. The van der Waals surface area contributed by atoms with Crippen LogP contribution in [0.1, 0.15) is 38.4 Å². The van der Waals surface area contributed by atoms with Crippen LogP contribution in [-0.2, 0) is 4.74 Å². The molecule has 1 aromatic rings. The van der Waals surface area contributed by atoms with Crippen LogP contribution in [-0.4, -0.2) is 33.2 Å². The van der Waals surface area contributed by atoms with Crippen LogP contribution in [0.25, 0.3) is 0 Å². The standard InChI is InChI=1S/C17H29N3O.HI/c1-5-14(6-2)12-19-17(18-3)20-13-16(21-4)15-10-8-7-9-11-15;/h7-11,14,16H,5-6,12-13H2,1-4H3,(H2,18,19,20);1H. The van der Waals surface area contributed by atoms with Gasteiger partial charge in [0, 0.05) is 27.2 Å². The van der Waals surface area contributed by atoms with Crippen molar-refractivity contribution >= 4 is 29.9 Å². The Morgan fingerprint density at radius 3 is 2.18 bits per heavy atom.